The van der Waals surface area contributed by atoms with Crippen LogP contribution in [0.5, 0.6) is 0 Å². The molecule has 0 bridgehead atoms. The number of nitriles is 1. The minimum absolute atomic E-state index is 0.0700. The molecule has 0 spiro atoms. The number of carbonyl (C=O) groups excluding carboxylic acids is 1. The van der Waals surface area contributed by atoms with Crippen molar-refractivity contribution in [3.63, 3.8) is 0 Å². The van der Waals surface area contributed by atoms with Crippen LogP contribution in [0.15, 0.2) is 61.2 Å². The van der Waals surface area contributed by atoms with Crippen molar-refractivity contribution in [2.75, 3.05) is 13.1 Å². The quantitative estimate of drug-likeness (QED) is 0.705. The zero-order valence-electron chi connectivity index (χ0n) is 15.5. The van der Waals surface area contributed by atoms with Gasteiger partial charge in [-0.05, 0) is 43.0 Å². The lowest BCUT2D eigenvalue weighted by atomic mass is 9.97. The Morgan fingerprint density at radius 2 is 2.07 bits per heavy atom. The van der Waals surface area contributed by atoms with Gasteiger partial charge in [0.25, 0.3) is 5.91 Å². The lowest BCUT2D eigenvalue weighted by Gasteiger charge is -2.33. The molecule has 0 N–H and O–H groups in total. The maximum Gasteiger partial charge on any atom is 0.253 e. The largest absolute Gasteiger partial charge is 0.338 e. The maximum absolute atomic E-state index is 12.9. The predicted octanol–water partition coefficient (Wildman–Crippen LogP) is 3.37. The molecule has 2 aromatic heterocycles. The average molecular weight is 371 g/mol. The molecule has 1 saturated heterocycles. The van der Waals surface area contributed by atoms with Crippen LogP contribution in [-0.4, -0.2) is 38.4 Å². The van der Waals surface area contributed by atoms with Crippen molar-refractivity contribution < 1.29 is 4.79 Å². The van der Waals surface area contributed by atoms with Gasteiger partial charge in [0, 0.05) is 43.2 Å². The van der Waals surface area contributed by atoms with E-state index in [1.807, 2.05) is 53.8 Å². The Morgan fingerprint density at radius 3 is 2.82 bits per heavy atom. The first-order valence-corrected chi connectivity index (χ1v) is 9.45. The molecule has 1 fully saturated rings. The first-order valence-electron chi connectivity index (χ1n) is 9.45. The lowest BCUT2D eigenvalue weighted by Crippen LogP contribution is -2.41. The van der Waals surface area contributed by atoms with E-state index in [2.05, 4.69) is 20.6 Å². The summed E-state index contributed by atoms with van der Waals surface area (Å²) >= 11 is 0. The molecule has 6 nitrogen and oxygen atoms in total. The highest BCUT2D eigenvalue weighted by molar-refractivity contribution is 5.94. The Kier molecular flexibility index (Phi) is 5.16. The topological polar surface area (TPSA) is 74.8 Å². The summed E-state index contributed by atoms with van der Waals surface area (Å²) in [6, 6.07) is 14.9. The van der Waals surface area contributed by atoms with Gasteiger partial charge in [0.1, 0.15) is 11.8 Å². The number of likely N-dealkylation sites (tertiary alicyclic amines) is 1. The zero-order valence-corrected chi connectivity index (χ0v) is 15.5. The molecule has 0 saturated carbocycles. The van der Waals surface area contributed by atoms with Crippen LogP contribution < -0.4 is 0 Å². The SMILES string of the molecule is N#Cc1cccc(-c2ccc(C(=O)N3CCC[C@@H](Cn4ccnc4)C3)cc2)n1. The molecule has 3 aromatic rings. The van der Waals surface area contributed by atoms with Gasteiger partial charge in [-0.2, -0.15) is 5.26 Å². The third-order valence-electron chi connectivity index (χ3n) is 5.13. The molecule has 1 aromatic carbocycles. The fourth-order valence-corrected chi connectivity index (χ4v) is 3.72. The molecule has 140 valence electrons. The number of amides is 1. The van der Waals surface area contributed by atoms with Crippen LogP contribution in [0.25, 0.3) is 11.3 Å². The minimum Gasteiger partial charge on any atom is -0.338 e. The summed E-state index contributed by atoms with van der Waals surface area (Å²) in [5.41, 5.74) is 2.69. The van der Waals surface area contributed by atoms with Crippen molar-refractivity contribution in [3.8, 4) is 17.3 Å². The minimum atomic E-state index is 0.0700. The van der Waals surface area contributed by atoms with E-state index in [-0.39, 0.29) is 5.91 Å². The van der Waals surface area contributed by atoms with Crippen molar-refractivity contribution in [2.24, 2.45) is 5.92 Å². The van der Waals surface area contributed by atoms with E-state index in [1.54, 1.807) is 12.3 Å². The molecule has 1 aliphatic rings. The van der Waals surface area contributed by atoms with Crippen LogP contribution in [0.2, 0.25) is 0 Å². The first kappa shape index (κ1) is 17.9. The van der Waals surface area contributed by atoms with Crippen molar-refractivity contribution in [1.82, 2.24) is 19.4 Å². The highest BCUT2D eigenvalue weighted by Gasteiger charge is 2.24. The van der Waals surface area contributed by atoms with Crippen LogP contribution in [0.3, 0.4) is 0 Å². The molecule has 28 heavy (non-hydrogen) atoms. The molecular formula is C22H21N5O. The van der Waals surface area contributed by atoms with Crippen LogP contribution in [0.1, 0.15) is 28.9 Å². The molecule has 0 unspecified atom stereocenters. The number of hydrogen-bond donors (Lipinski definition) is 0. The zero-order chi connectivity index (χ0) is 19.3. The van der Waals surface area contributed by atoms with Crippen molar-refractivity contribution in [3.05, 3.63) is 72.4 Å². The van der Waals surface area contributed by atoms with Crippen LogP contribution in [-0.2, 0) is 6.54 Å². The Morgan fingerprint density at radius 1 is 1.21 bits per heavy atom. The first-order chi connectivity index (χ1) is 13.7. The second kappa shape index (κ2) is 8.05. The number of nitrogens with zero attached hydrogens (tertiary/aromatic N) is 5. The van der Waals surface area contributed by atoms with E-state index in [1.165, 1.54) is 0 Å². The summed E-state index contributed by atoms with van der Waals surface area (Å²) in [6.07, 6.45) is 7.73. The summed E-state index contributed by atoms with van der Waals surface area (Å²) in [7, 11) is 0. The molecule has 0 radical (unpaired) electrons. The number of aromatic nitrogens is 3. The summed E-state index contributed by atoms with van der Waals surface area (Å²) < 4.78 is 2.08. The van der Waals surface area contributed by atoms with E-state index in [0.29, 0.717) is 17.2 Å². The average Bonchev–Trinajstić information content (AvgIpc) is 3.26. The molecular weight excluding hydrogens is 350 g/mol. The summed E-state index contributed by atoms with van der Waals surface area (Å²) in [4.78, 5) is 23.3. The van der Waals surface area contributed by atoms with Gasteiger partial charge < -0.3 is 9.47 Å². The number of benzene rings is 1. The molecule has 0 aliphatic carbocycles. The normalized spacial score (nSPS) is 16.5. The molecule has 1 amide bonds. The lowest BCUT2D eigenvalue weighted by molar-refractivity contribution is 0.0662. The second-order valence-electron chi connectivity index (χ2n) is 7.12. The number of pyridine rings is 1. The monoisotopic (exact) mass is 371 g/mol. The number of hydrogen-bond acceptors (Lipinski definition) is 4. The molecule has 4 rings (SSSR count). The number of piperidine rings is 1. The van der Waals surface area contributed by atoms with Gasteiger partial charge in [0.05, 0.1) is 12.0 Å². The van der Waals surface area contributed by atoms with E-state index in [4.69, 9.17) is 5.26 Å². The summed E-state index contributed by atoms with van der Waals surface area (Å²) in [6.45, 7) is 2.46. The Hall–Kier alpha value is -3.46. The van der Waals surface area contributed by atoms with Crippen LogP contribution >= 0.6 is 0 Å². The Balaban J connectivity index is 1.45. The van der Waals surface area contributed by atoms with Gasteiger partial charge in [-0.15, -0.1) is 0 Å². The maximum atomic E-state index is 12.9. The van der Waals surface area contributed by atoms with Crippen molar-refractivity contribution >= 4 is 5.91 Å². The smallest absolute Gasteiger partial charge is 0.253 e. The highest BCUT2D eigenvalue weighted by atomic mass is 16.2. The number of carbonyl (C=O) groups is 1. The summed E-state index contributed by atoms with van der Waals surface area (Å²) in [5.74, 6) is 0.518. The second-order valence-corrected chi connectivity index (χ2v) is 7.12. The van der Waals surface area contributed by atoms with Gasteiger partial charge >= 0.3 is 0 Å². The van der Waals surface area contributed by atoms with Gasteiger partial charge in [-0.3, -0.25) is 4.79 Å². The van der Waals surface area contributed by atoms with Crippen LogP contribution in [0, 0.1) is 17.2 Å². The van der Waals surface area contributed by atoms with Crippen molar-refractivity contribution in [2.45, 2.75) is 19.4 Å². The molecule has 1 aliphatic heterocycles. The predicted molar refractivity (Wildman–Crippen MR) is 105 cm³/mol. The summed E-state index contributed by atoms with van der Waals surface area (Å²) in [5, 5.41) is 9.00. The van der Waals surface area contributed by atoms with E-state index in [0.717, 1.165) is 43.7 Å². The fourth-order valence-electron chi connectivity index (χ4n) is 3.72. The van der Waals surface area contributed by atoms with E-state index in [9.17, 15) is 4.79 Å². The van der Waals surface area contributed by atoms with Crippen LogP contribution in [0.4, 0.5) is 0 Å². The Bertz CT molecular complexity index is 989. The fraction of sp³-hybridized carbons (Fsp3) is 0.273. The Labute approximate surface area is 164 Å². The third-order valence-corrected chi connectivity index (χ3v) is 5.13. The number of imidazole rings is 1. The van der Waals surface area contributed by atoms with E-state index >= 15 is 0 Å². The molecule has 6 heteroatoms. The number of rotatable bonds is 4. The molecule has 3 heterocycles. The van der Waals surface area contributed by atoms with Gasteiger partial charge in [0.2, 0.25) is 0 Å². The van der Waals surface area contributed by atoms with Gasteiger partial charge in [0.15, 0.2) is 0 Å². The standard InChI is InChI=1S/C22H21N5O/c23-13-20-4-1-5-21(25-20)18-6-8-19(9-7-18)22(28)27-11-2-3-17(15-27)14-26-12-10-24-16-26/h1,4-10,12,16-17H,2-3,11,14-15H2/t17-/m0/s1. The van der Waals surface area contributed by atoms with Gasteiger partial charge in [-0.25, -0.2) is 9.97 Å². The highest BCUT2D eigenvalue weighted by Crippen LogP contribution is 2.22. The van der Waals surface area contributed by atoms with E-state index < -0.39 is 0 Å². The van der Waals surface area contributed by atoms with Crippen molar-refractivity contribution in [1.29, 1.82) is 5.26 Å². The third kappa shape index (κ3) is 3.94. The van der Waals surface area contributed by atoms with Gasteiger partial charge in [-0.1, -0.05) is 18.2 Å². The molecule has 1 atom stereocenters.